The van der Waals surface area contributed by atoms with Gasteiger partial charge in [-0.2, -0.15) is 13.2 Å². The van der Waals surface area contributed by atoms with Gasteiger partial charge in [0.15, 0.2) is 11.7 Å². The summed E-state index contributed by atoms with van der Waals surface area (Å²) in [6, 6.07) is 0.462. The Kier molecular flexibility index (Phi) is 2.78. The number of oxime groups is 1. The van der Waals surface area contributed by atoms with Gasteiger partial charge in [0.2, 0.25) is 0 Å². The van der Waals surface area contributed by atoms with Crippen molar-refractivity contribution in [1.29, 1.82) is 0 Å². The summed E-state index contributed by atoms with van der Waals surface area (Å²) in [5, 5.41) is 10.5. The van der Waals surface area contributed by atoms with Crippen LogP contribution in [-0.2, 0) is 6.18 Å². The van der Waals surface area contributed by atoms with Gasteiger partial charge < -0.3 is 10.9 Å². The fraction of sp³-hybridized carbons (Fsp3) is 0.143. The molecule has 0 saturated heterocycles. The molecule has 0 radical (unpaired) electrons. The summed E-state index contributed by atoms with van der Waals surface area (Å²) in [6.07, 6.45) is -4.13. The predicted octanol–water partition coefficient (Wildman–Crippen LogP) is 1.33. The summed E-state index contributed by atoms with van der Waals surface area (Å²) in [6.45, 7) is 0. The normalized spacial score (nSPS) is 12.9. The van der Waals surface area contributed by atoms with Crippen LogP contribution in [0, 0.1) is 5.82 Å². The fourth-order valence-electron chi connectivity index (χ4n) is 0.889. The Hall–Kier alpha value is -1.86. The third-order valence-electron chi connectivity index (χ3n) is 1.54. The zero-order valence-corrected chi connectivity index (χ0v) is 7.09. The smallest absolute Gasteiger partial charge is 0.409 e. The number of aromatic nitrogens is 1. The minimum Gasteiger partial charge on any atom is -0.409 e. The number of pyridine rings is 1. The SMILES string of the molecule is NC(=NO)c1nccc(C(F)(F)F)c1F. The Morgan fingerprint density at radius 3 is 2.53 bits per heavy atom. The average molecular weight is 223 g/mol. The molecule has 1 aromatic heterocycles. The van der Waals surface area contributed by atoms with Gasteiger partial charge in [0.25, 0.3) is 0 Å². The van der Waals surface area contributed by atoms with E-state index in [9.17, 15) is 17.6 Å². The Labute approximate surface area is 81.0 Å². The van der Waals surface area contributed by atoms with Crippen molar-refractivity contribution in [2.75, 3.05) is 0 Å². The topological polar surface area (TPSA) is 71.5 Å². The largest absolute Gasteiger partial charge is 0.419 e. The number of nitrogens with two attached hydrogens (primary N) is 1. The molecule has 1 aromatic rings. The summed E-state index contributed by atoms with van der Waals surface area (Å²) >= 11 is 0. The molecule has 82 valence electrons. The van der Waals surface area contributed by atoms with Crippen molar-refractivity contribution in [3.8, 4) is 0 Å². The van der Waals surface area contributed by atoms with Crippen molar-refractivity contribution in [1.82, 2.24) is 4.98 Å². The Morgan fingerprint density at radius 2 is 2.07 bits per heavy atom. The third kappa shape index (κ3) is 2.14. The second kappa shape index (κ2) is 3.71. The maximum Gasteiger partial charge on any atom is 0.419 e. The zero-order chi connectivity index (χ0) is 11.6. The summed E-state index contributed by atoms with van der Waals surface area (Å²) in [4.78, 5) is 3.23. The maximum absolute atomic E-state index is 13.2. The molecule has 0 saturated carbocycles. The molecular formula is C7H5F4N3O. The molecule has 0 aliphatic rings. The standard InChI is InChI=1S/C7H5F4N3O/c8-4-3(7(9,10)11)1-2-13-5(4)6(12)14-15/h1-2,15H,(H2,12,14). The molecule has 0 spiro atoms. The summed E-state index contributed by atoms with van der Waals surface area (Å²) < 4.78 is 49.7. The monoisotopic (exact) mass is 223 g/mol. The van der Waals surface area contributed by atoms with Gasteiger partial charge in [0, 0.05) is 6.20 Å². The van der Waals surface area contributed by atoms with Crippen LogP contribution in [0.2, 0.25) is 0 Å². The van der Waals surface area contributed by atoms with E-state index in [2.05, 4.69) is 10.1 Å². The van der Waals surface area contributed by atoms with E-state index in [4.69, 9.17) is 10.9 Å². The lowest BCUT2D eigenvalue weighted by Gasteiger charge is -2.09. The number of rotatable bonds is 1. The van der Waals surface area contributed by atoms with Crippen molar-refractivity contribution in [2.45, 2.75) is 6.18 Å². The first-order valence-corrected chi connectivity index (χ1v) is 3.57. The number of hydrogen-bond acceptors (Lipinski definition) is 3. The molecule has 0 unspecified atom stereocenters. The van der Waals surface area contributed by atoms with Crippen molar-refractivity contribution >= 4 is 5.84 Å². The van der Waals surface area contributed by atoms with Crippen LogP contribution in [0.1, 0.15) is 11.3 Å². The van der Waals surface area contributed by atoms with Gasteiger partial charge in [0.05, 0.1) is 5.56 Å². The van der Waals surface area contributed by atoms with Gasteiger partial charge in [0.1, 0.15) is 5.69 Å². The van der Waals surface area contributed by atoms with Crippen molar-refractivity contribution in [3.05, 3.63) is 29.3 Å². The minimum atomic E-state index is -4.85. The third-order valence-corrected chi connectivity index (χ3v) is 1.54. The molecule has 0 aromatic carbocycles. The van der Waals surface area contributed by atoms with E-state index in [1.807, 2.05) is 0 Å². The van der Waals surface area contributed by atoms with E-state index in [-0.39, 0.29) is 0 Å². The van der Waals surface area contributed by atoms with E-state index < -0.39 is 29.1 Å². The Balaban J connectivity index is 3.36. The fourth-order valence-corrected chi connectivity index (χ4v) is 0.889. The second-order valence-electron chi connectivity index (χ2n) is 2.50. The molecule has 1 heterocycles. The molecule has 0 fully saturated rings. The van der Waals surface area contributed by atoms with Gasteiger partial charge in [-0.1, -0.05) is 5.16 Å². The molecule has 0 atom stereocenters. The van der Waals surface area contributed by atoms with Crippen molar-refractivity contribution in [3.63, 3.8) is 0 Å². The van der Waals surface area contributed by atoms with Crippen molar-refractivity contribution < 1.29 is 22.8 Å². The molecule has 1 rings (SSSR count). The average Bonchev–Trinajstić information content (AvgIpc) is 2.15. The highest BCUT2D eigenvalue weighted by Gasteiger charge is 2.35. The number of halogens is 4. The number of amidine groups is 1. The van der Waals surface area contributed by atoms with Crippen molar-refractivity contribution in [2.24, 2.45) is 10.9 Å². The van der Waals surface area contributed by atoms with Crippen LogP contribution in [0.25, 0.3) is 0 Å². The minimum absolute atomic E-state index is 0.462. The summed E-state index contributed by atoms with van der Waals surface area (Å²) in [5.41, 5.74) is 2.58. The van der Waals surface area contributed by atoms with Crippen LogP contribution in [0.15, 0.2) is 17.4 Å². The van der Waals surface area contributed by atoms with E-state index in [1.165, 1.54) is 0 Å². The van der Waals surface area contributed by atoms with Crippen LogP contribution in [0.5, 0.6) is 0 Å². The first kappa shape index (κ1) is 11.2. The highest BCUT2D eigenvalue weighted by molar-refractivity contribution is 5.95. The molecule has 0 aliphatic heterocycles. The van der Waals surface area contributed by atoms with Gasteiger partial charge >= 0.3 is 6.18 Å². The number of alkyl halides is 3. The molecule has 4 nitrogen and oxygen atoms in total. The molecule has 0 aliphatic carbocycles. The van der Waals surface area contributed by atoms with E-state index in [1.54, 1.807) is 0 Å². The number of nitrogens with zero attached hydrogens (tertiary/aromatic N) is 2. The molecule has 0 bridgehead atoms. The van der Waals surface area contributed by atoms with Crippen LogP contribution in [-0.4, -0.2) is 16.0 Å². The second-order valence-corrected chi connectivity index (χ2v) is 2.50. The Morgan fingerprint density at radius 1 is 1.47 bits per heavy atom. The number of hydrogen-bond donors (Lipinski definition) is 2. The summed E-state index contributed by atoms with van der Waals surface area (Å²) in [5.74, 6) is -2.49. The van der Waals surface area contributed by atoms with Crippen LogP contribution in [0.4, 0.5) is 17.6 Å². The predicted molar refractivity (Wildman–Crippen MR) is 41.7 cm³/mol. The first-order valence-electron chi connectivity index (χ1n) is 3.57. The highest BCUT2D eigenvalue weighted by atomic mass is 19.4. The lowest BCUT2D eigenvalue weighted by Crippen LogP contribution is -2.20. The lowest BCUT2D eigenvalue weighted by atomic mass is 10.2. The van der Waals surface area contributed by atoms with Gasteiger partial charge in [-0.25, -0.2) is 9.37 Å². The molecule has 0 amide bonds. The molecular weight excluding hydrogens is 218 g/mol. The van der Waals surface area contributed by atoms with E-state index in [0.717, 1.165) is 6.20 Å². The van der Waals surface area contributed by atoms with Crippen LogP contribution in [0.3, 0.4) is 0 Å². The van der Waals surface area contributed by atoms with Crippen LogP contribution < -0.4 is 5.73 Å². The van der Waals surface area contributed by atoms with E-state index >= 15 is 0 Å². The highest BCUT2D eigenvalue weighted by Crippen LogP contribution is 2.31. The maximum atomic E-state index is 13.2. The van der Waals surface area contributed by atoms with E-state index in [0.29, 0.717) is 6.07 Å². The molecule has 3 N–H and O–H groups in total. The Bertz CT molecular complexity index is 402. The van der Waals surface area contributed by atoms with Gasteiger partial charge in [-0.15, -0.1) is 0 Å². The molecule has 8 heteroatoms. The quantitative estimate of drug-likeness (QED) is 0.248. The summed E-state index contributed by atoms with van der Waals surface area (Å²) in [7, 11) is 0. The first-order chi connectivity index (χ1) is 6.88. The van der Waals surface area contributed by atoms with Gasteiger partial charge in [-0.3, -0.25) is 0 Å². The van der Waals surface area contributed by atoms with Crippen LogP contribution >= 0.6 is 0 Å². The molecule has 15 heavy (non-hydrogen) atoms. The lowest BCUT2D eigenvalue weighted by molar-refractivity contribution is -0.140. The van der Waals surface area contributed by atoms with Gasteiger partial charge in [-0.05, 0) is 6.07 Å². The zero-order valence-electron chi connectivity index (χ0n) is 7.09.